The van der Waals surface area contributed by atoms with E-state index < -0.39 is 10.9 Å². The molecule has 0 aliphatic heterocycles. The van der Waals surface area contributed by atoms with Crippen LogP contribution in [0.1, 0.15) is 21.1 Å². The van der Waals surface area contributed by atoms with Crippen LogP contribution in [-0.2, 0) is 18.0 Å². The molecular weight excluding hydrogens is 403 g/mol. The minimum atomic E-state index is -0.626. The summed E-state index contributed by atoms with van der Waals surface area (Å²) in [5.41, 5.74) is 0.415. The lowest BCUT2D eigenvalue weighted by atomic mass is 10.2. The van der Waals surface area contributed by atoms with E-state index in [1.165, 1.54) is 60.9 Å². The maximum atomic E-state index is 12.9. The van der Waals surface area contributed by atoms with Gasteiger partial charge in [0.05, 0.1) is 23.3 Å². The normalized spacial score (nSPS) is 10.4. The topological polar surface area (TPSA) is 101 Å². The minimum Gasteiger partial charge on any atom is -0.486 e. The summed E-state index contributed by atoms with van der Waals surface area (Å²) in [6, 6.07) is 9.36. The number of nitrogens with zero attached hydrogens (tertiary/aromatic N) is 2. The van der Waals surface area contributed by atoms with Crippen LogP contribution in [0.15, 0.2) is 47.8 Å². The Morgan fingerprint density at radius 1 is 1.17 bits per heavy atom. The monoisotopic (exact) mass is 418 g/mol. The molecule has 1 heterocycles. The largest absolute Gasteiger partial charge is 0.486 e. The third-order valence-corrected chi connectivity index (χ3v) is 4.60. The fourth-order valence-electron chi connectivity index (χ4n) is 2.33. The van der Waals surface area contributed by atoms with Gasteiger partial charge in [0.15, 0.2) is 5.75 Å². The van der Waals surface area contributed by atoms with Crippen LogP contribution < -0.4 is 9.47 Å². The fraction of sp³-hybridized carbons (Fsp3) is 0.158. The number of carbonyl (C=O) groups is 1. The Hall–Kier alpha value is -3.53. The van der Waals surface area contributed by atoms with Crippen molar-refractivity contribution in [2.24, 2.45) is 0 Å². The van der Waals surface area contributed by atoms with Crippen LogP contribution >= 0.6 is 11.3 Å². The van der Waals surface area contributed by atoms with Crippen molar-refractivity contribution in [2.45, 2.75) is 13.2 Å². The zero-order valence-electron chi connectivity index (χ0n) is 15.2. The molecule has 0 amide bonds. The van der Waals surface area contributed by atoms with E-state index in [2.05, 4.69) is 9.72 Å². The van der Waals surface area contributed by atoms with Crippen molar-refractivity contribution in [3.05, 3.63) is 80.0 Å². The van der Waals surface area contributed by atoms with Crippen LogP contribution in [0.25, 0.3) is 0 Å². The molecule has 0 unspecified atom stereocenters. The van der Waals surface area contributed by atoms with Gasteiger partial charge in [-0.05, 0) is 30.3 Å². The van der Waals surface area contributed by atoms with E-state index in [4.69, 9.17) is 9.47 Å². The lowest BCUT2D eigenvalue weighted by Crippen LogP contribution is -2.05. The number of hydrogen-bond acceptors (Lipinski definition) is 8. The molecule has 10 heteroatoms. The van der Waals surface area contributed by atoms with E-state index in [1.54, 1.807) is 5.38 Å². The van der Waals surface area contributed by atoms with Gasteiger partial charge >= 0.3 is 11.7 Å². The van der Waals surface area contributed by atoms with Crippen LogP contribution in [0.3, 0.4) is 0 Å². The van der Waals surface area contributed by atoms with Gasteiger partial charge in [0.2, 0.25) is 0 Å². The highest BCUT2D eigenvalue weighted by Crippen LogP contribution is 2.29. The van der Waals surface area contributed by atoms with E-state index in [1.807, 2.05) is 0 Å². The highest BCUT2D eigenvalue weighted by molar-refractivity contribution is 7.09. The van der Waals surface area contributed by atoms with Crippen LogP contribution in [-0.4, -0.2) is 23.0 Å². The smallest absolute Gasteiger partial charge is 0.337 e. The first-order valence-electron chi connectivity index (χ1n) is 8.27. The molecule has 0 atom stereocenters. The van der Waals surface area contributed by atoms with Crippen molar-refractivity contribution < 1.29 is 28.3 Å². The molecule has 8 nitrogen and oxygen atoms in total. The van der Waals surface area contributed by atoms with Gasteiger partial charge in [0, 0.05) is 17.5 Å². The number of aromatic nitrogens is 1. The van der Waals surface area contributed by atoms with E-state index in [9.17, 15) is 19.3 Å². The van der Waals surface area contributed by atoms with Gasteiger partial charge in [-0.1, -0.05) is 0 Å². The number of rotatable bonds is 8. The Morgan fingerprint density at radius 2 is 1.93 bits per heavy atom. The molecule has 150 valence electrons. The molecular formula is C19H15FN2O6S. The summed E-state index contributed by atoms with van der Waals surface area (Å²) in [4.78, 5) is 26.6. The van der Waals surface area contributed by atoms with E-state index in [-0.39, 0.29) is 36.0 Å². The molecule has 3 rings (SSSR count). The number of nitro benzene ring substituents is 1. The number of methoxy groups -OCH3 is 1. The van der Waals surface area contributed by atoms with Crippen molar-refractivity contribution in [1.29, 1.82) is 0 Å². The number of halogens is 1. The Morgan fingerprint density at radius 3 is 2.62 bits per heavy atom. The summed E-state index contributed by atoms with van der Waals surface area (Å²) in [5.74, 6) is -0.528. The van der Waals surface area contributed by atoms with Gasteiger partial charge in [-0.15, -0.1) is 11.3 Å². The molecule has 29 heavy (non-hydrogen) atoms. The van der Waals surface area contributed by atoms with Gasteiger partial charge in [-0.3, -0.25) is 10.1 Å². The van der Waals surface area contributed by atoms with Crippen molar-refractivity contribution in [3.8, 4) is 11.5 Å². The quantitative estimate of drug-likeness (QED) is 0.308. The second-order valence-electron chi connectivity index (χ2n) is 5.70. The van der Waals surface area contributed by atoms with Gasteiger partial charge in [0.25, 0.3) is 0 Å². The second-order valence-corrected chi connectivity index (χ2v) is 6.64. The first-order chi connectivity index (χ1) is 14.0. The van der Waals surface area contributed by atoms with Crippen molar-refractivity contribution >= 4 is 23.0 Å². The van der Waals surface area contributed by atoms with Crippen molar-refractivity contribution in [2.75, 3.05) is 7.11 Å². The highest BCUT2D eigenvalue weighted by atomic mass is 32.1. The molecule has 0 spiro atoms. The van der Waals surface area contributed by atoms with Crippen LogP contribution in [0.4, 0.5) is 10.1 Å². The summed E-state index contributed by atoms with van der Waals surface area (Å²) in [5, 5.41) is 13.6. The predicted molar refractivity (Wildman–Crippen MR) is 102 cm³/mol. The zero-order chi connectivity index (χ0) is 20.8. The third kappa shape index (κ3) is 5.26. The van der Waals surface area contributed by atoms with Crippen LogP contribution in [0, 0.1) is 15.9 Å². The van der Waals surface area contributed by atoms with Crippen LogP contribution in [0.5, 0.6) is 11.5 Å². The summed E-state index contributed by atoms with van der Waals surface area (Å²) >= 11 is 1.33. The lowest BCUT2D eigenvalue weighted by molar-refractivity contribution is -0.385. The van der Waals surface area contributed by atoms with Crippen LogP contribution in [0.2, 0.25) is 0 Å². The molecule has 0 saturated carbocycles. The Labute approximate surface area is 168 Å². The average molecular weight is 418 g/mol. The Kier molecular flexibility index (Phi) is 6.35. The molecule has 3 aromatic rings. The van der Waals surface area contributed by atoms with Gasteiger partial charge in [-0.2, -0.15) is 0 Å². The number of ether oxygens (including phenoxy) is 3. The first kappa shape index (κ1) is 20.2. The number of benzene rings is 2. The standard InChI is InChI=1S/C19H15FN2O6S/c1-26-19(23)12-2-7-16(22(24)25)17(8-12)28-9-14-11-29-18(21-14)10-27-15-5-3-13(20)4-6-15/h2-8,11H,9-10H2,1H3. The summed E-state index contributed by atoms with van der Waals surface area (Å²) < 4.78 is 28.6. The first-order valence-corrected chi connectivity index (χ1v) is 9.15. The van der Waals surface area contributed by atoms with E-state index >= 15 is 0 Å². The minimum absolute atomic E-state index is 0.0293. The highest BCUT2D eigenvalue weighted by Gasteiger charge is 2.19. The van der Waals surface area contributed by atoms with Crippen molar-refractivity contribution in [3.63, 3.8) is 0 Å². The lowest BCUT2D eigenvalue weighted by Gasteiger charge is -2.07. The van der Waals surface area contributed by atoms with E-state index in [0.29, 0.717) is 16.5 Å². The maximum absolute atomic E-state index is 12.9. The van der Waals surface area contributed by atoms with E-state index in [0.717, 1.165) is 0 Å². The average Bonchev–Trinajstić information content (AvgIpc) is 3.18. The second kappa shape index (κ2) is 9.11. The summed E-state index contributed by atoms with van der Waals surface area (Å²) in [6.07, 6.45) is 0. The zero-order valence-corrected chi connectivity index (χ0v) is 16.0. The molecule has 0 saturated heterocycles. The molecule has 0 radical (unpaired) electrons. The Balaban J connectivity index is 1.64. The molecule has 0 bridgehead atoms. The molecule has 0 fully saturated rings. The number of nitro groups is 1. The summed E-state index contributed by atoms with van der Waals surface area (Å²) in [6.45, 7) is 0.160. The number of esters is 1. The summed E-state index contributed by atoms with van der Waals surface area (Å²) in [7, 11) is 1.22. The van der Waals surface area contributed by atoms with Crippen molar-refractivity contribution in [1.82, 2.24) is 4.98 Å². The molecule has 0 aliphatic rings. The Bertz CT molecular complexity index is 1020. The third-order valence-electron chi connectivity index (χ3n) is 3.73. The molecule has 0 N–H and O–H groups in total. The molecule has 0 aliphatic carbocycles. The maximum Gasteiger partial charge on any atom is 0.337 e. The fourth-order valence-corrected chi connectivity index (χ4v) is 3.02. The molecule has 1 aromatic heterocycles. The van der Waals surface area contributed by atoms with Gasteiger partial charge in [0.1, 0.15) is 29.8 Å². The van der Waals surface area contributed by atoms with Gasteiger partial charge < -0.3 is 14.2 Å². The number of thiazole rings is 1. The van der Waals surface area contributed by atoms with Gasteiger partial charge in [-0.25, -0.2) is 14.2 Å². The number of hydrogen-bond donors (Lipinski definition) is 0. The number of carbonyl (C=O) groups excluding carboxylic acids is 1. The predicted octanol–water partition coefficient (Wildman–Crippen LogP) is 4.14. The SMILES string of the molecule is COC(=O)c1ccc([N+](=O)[O-])c(OCc2csc(COc3ccc(F)cc3)n2)c1. The molecule has 2 aromatic carbocycles.